The predicted octanol–water partition coefficient (Wildman–Crippen LogP) is 1.08. The van der Waals surface area contributed by atoms with Crippen molar-refractivity contribution < 1.29 is 25.1 Å². The first-order chi connectivity index (χ1) is 10.1. The van der Waals surface area contributed by atoms with E-state index >= 15 is 0 Å². The maximum Gasteiger partial charge on any atom is 0.161 e. The van der Waals surface area contributed by atoms with Crippen LogP contribution in [0.4, 0.5) is 0 Å². The fraction of sp³-hybridized carbons (Fsp3) is 0.562. The standard InChI is InChI=1S/C16H25NO4/c1-3-4-5-6-9-21-14-8-7-12(10-15(14)20-2)13(17)11-16(18)19/h7-8,10,13H,3-6,9,11,17H2,1-2H3,(H,18,19)/t13-/m0/s1. The lowest BCUT2D eigenvalue weighted by atomic mass is 10.0. The van der Waals surface area contributed by atoms with Crippen molar-refractivity contribution >= 4 is 5.97 Å². The summed E-state index contributed by atoms with van der Waals surface area (Å²) < 4.78 is 11.0. The van der Waals surface area contributed by atoms with Gasteiger partial charge in [-0.3, -0.25) is 0 Å². The van der Waals surface area contributed by atoms with Crippen LogP contribution in [0.2, 0.25) is 0 Å². The third kappa shape index (κ3) is 6.04. The van der Waals surface area contributed by atoms with Crippen LogP contribution < -0.4 is 20.3 Å². The van der Waals surface area contributed by atoms with Crippen LogP contribution in [-0.4, -0.2) is 19.7 Å². The molecule has 0 aromatic heterocycles. The third-order valence-corrected chi connectivity index (χ3v) is 3.33. The van der Waals surface area contributed by atoms with Crippen LogP contribution in [0.1, 0.15) is 50.6 Å². The molecule has 0 saturated heterocycles. The zero-order valence-electron chi connectivity index (χ0n) is 12.9. The second kappa shape index (κ2) is 9.23. The molecule has 0 spiro atoms. The largest absolute Gasteiger partial charge is 0.550 e. The number of carbonyl (C=O) groups excluding carboxylic acids is 1. The summed E-state index contributed by atoms with van der Waals surface area (Å²) in [5.74, 6) is 0.179. The van der Waals surface area contributed by atoms with Gasteiger partial charge in [-0.25, -0.2) is 0 Å². The molecule has 0 aliphatic carbocycles. The van der Waals surface area contributed by atoms with Crippen molar-refractivity contribution in [2.45, 2.75) is 45.1 Å². The summed E-state index contributed by atoms with van der Waals surface area (Å²) in [6, 6.07) is 5.05. The van der Waals surface area contributed by atoms with E-state index < -0.39 is 5.97 Å². The summed E-state index contributed by atoms with van der Waals surface area (Å²) in [6.45, 7) is 2.83. The van der Waals surface area contributed by atoms with Gasteiger partial charge in [0, 0.05) is 18.0 Å². The minimum absolute atomic E-state index is 0.111. The van der Waals surface area contributed by atoms with E-state index in [0.717, 1.165) is 18.4 Å². The maximum absolute atomic E-state index is 10.6. The molecule has 1 rings (SSSR count). The summed E-state index contributed by atoms with van der Waals surface area (Å²) in [4.78, 5) is 10.6. The van der Waals surface area contributed by atoms with E-state index in [2.05, 4.69) is 12.7 Å². The summed E-state index contributed by atoms with van der Waals surface area (Å²) in [7, 11) is 1.57. The van der Waals surface area contributed by atoms with Gasteiger partial charge in [-0.2, -0.15) is 0 Å². The fourth-order valence-corrected chi connectivity index (χ4v) is 2.09. The molecular formula is C16H25NO4. The molecule has 1 aromatic rings. The van der Waals surface area contributed by atoms with Crippen LogP contribution in [0.25, 0.3) is 0 Å². The molecule has 0 unspecified atom stereocenters. The Morgan fingerprint density at radius 1 is 1.29 bits per heavy atom. The highest BCUT2D eigenvalue weighted by Gasteiger charge is 2.13. The smallest absolute Gasteiger partial charge is 0.161 e. The van der Waals surface area contributed by atoms with E-state index in [1.807, 2.05) is 6.07 Å². The van der Waals surface area contributed by atoms with Crippen molar-refractivity contribution in [3.05, 3.63) is 23.8 Å². The second-order valence-electron chi connectivity index (χ2n) is 5.09. The lowest BCUT2D eigenvalue weighted by Crippen LogP contribution is -2.55. The lowest BCUT2D eigenvalue weighted by molar-refractivity contribution is -0.430. The molecular weight excluding hydrogens is 270 g/mol. The van der Waals surface area contributed by atoms with Crippen molar-refractivity contribution in [2.75, 3.05) is 13.7 Å². The number of unbranched alkanes of at least 4 members (excludes halogenated alkanes) is 3. The molecule has 0 amide bonds. The van der Waals surface area contributed by atoms with Crippen molar-refractivity contribution in [1.82, 2.24) is 0 Å². The summed E-state index contributed by atoms with van der Waals surface area (Å²) >= 11 is 0. The van der Waals surface area contributed by atoms with Gasteiger partial charge in [-0.1, -0.05) is 26.2 Å². The number of rotatable bonds is 10. The van der Waals surface area contributed by atoms with Crippen molar-refractivity contribution in [3.8, 4) is 11.5 Å². The Bertz CT molecular complexity index is 448. The molecule has 21 heavy (non-hydrogen) atoms. The zero-order chi connectivity index (χ0) is 15.7. The normalized spacial score (nSPS) is 12.0. The average molecular weight is 295 g/mol. The van der Waals surface area contributed by atoms with Gasteiger partial charge in [0.05, 0.1) is 13.7 Å². The molecule has 0 heterocycles. The Morgan fingerprint density at radius 2 is 2.05 bits per heavy atom. The van der Waals surface area contributed by atoms with E-state index in [-0.39, 0.29) is 12.5 Å². The number of carboxylic acid groups (broad SMARTS) is 1. The van der Waals surface area contributed by atoms with Crippen LogP contribution in [0.3, 0.4) is 0 Å². The van der Waals surface area contributed by atoms with Gasteiger partial charge in [-0.15, -0.1) is 0 Å². The van der Waals surface area contributed by atoms with Gasteiger partial charge in [0.15, 0.2) is 11.5 Å². The molecule has 5 heteroatoms. The molecule has 0 aliphatic heterocycles. The number of carboxylic acids is 1. The van der Waals surface area contributed by atoms with Crippen LogP contribution >= 0.6 is 0 Å². The van der Waals surface area contributed by atoms with Crippen molar-refractivity contribution in [2.24, 2.45) is 0 Å². The molecule has 0 bridgehead atoms. The fourth-order valence-electron chi connectivity index (χ4n) is 2.09. The number of methoxy groups -OCH3 is 1. The average Bonchev–Trinajstić information content (AvgIpc) is 2.46. The zero-order valence-corrected chi connectivity index (χ0v) is 12.9. The number of benzene rings is 1. The van der Waals surface area contributed by atoms with Crippen LogP contribution in [0, 0.1) is 0 Å². The Hall–Kier alpha value is -1.75. The van der Waals surface area contributed by atoms with Gasteiger partial charge in [-0.05, 0) is 24.6 Å². The van der Waals surface area contributed by atoms with Crippen LogP contribution in [-0.2, 0) is 4.79 Å². The quantitative estimate of drug-likeness (QED) is 0.654. The first kappa shape index (κ1) is 17.3. The molecule has 118 valence electrons. The van der Waals surface area contributed by atoms with Gasteiger partial charge in [0.2, 0.25) is 0 Å². The minimum Gasteiger partial charge on any atom is -0.550 e. The van der Waals surface area contributed by atoms with Crippen LogP contribution in [0.15, 0.2) is 18.2 Å². The molecule has 3 N–H and O–H groups in total. The Kier molecular flexibility index (Phi) is 7.61. The minimum atomic E-state index is -1.11. The number of quaternary nitrogens is 1. The number of hydrogen-bond donors (Lipinski definition) is 1. The first-order valence-corrected chi connectivity index (χ1v) is 7.42. The highest BCUT2D eigenvalue weighted by Crippen LogP contribution is 2.30. The SMILES string of the molecule is CCCCCCOc1ccc([C@@H]([NH3+])CC(=O)[O-])cc1OC. The lowest BCUT2D eigenvalue weighted by Gasteiger charge is -2.14. The Balaban J connectivity index is 2.63. The summed E-state index contributed by atoms with van der Waals surface area (Å²) in [5.41, 5.74) is 4.63. The molecule has 1 atom stereocenters. The molecule has 0 aliphatic rings. The highest BCUT2D eigenvalue weighted by atomic mass is 16.5. The summed E-state index contributed by atoms with van der Waals surface area (Å²) in [6.07, 6.45) is 4.47. The van der Waals surface area contributed by atoms with E-state index in [0.29, 0.717) is 18.1 Å². The Labute approximate surface area is 126 Å². The van der Waals surface area contributed by atoms with E-state index in [1.165, 1.54) is 12.8 Å². The predicted molar refractivity (Wildman–Crippen MR) is 77.9 cm³/mol. The van der Waals surface area contributed by atoms with Gasteiger partial charge < -0.3 is 25.1 Å². The molecule has 1 aromatic carbocycles. The number of aliphatic carboxylic acids is 1. The Morgan fingerprint density at radius 3 is 2.67 bits per heavy atom. The molecule has 5 nitrogen and oxygen atoms in total. The van der Waals surface area contributed by atoms with Gasteiger partial charge >= 0.3 is 0 Å². The van der Waals surface area contributed by atoms with E-state index in [1.54, 1.807) is 19.2 Å². The highest BCUT2D eigenvalue weighted by molar-refractivity contribution is 5.65. The topological polar surface area (TPSA) is 86.2 Å². The van der Waals surface area contributed by atoms with Crippen molar-refractivity contribution in [3.63, 3.8) is 0 Å². The number of carbonyl (C=O) groups is 1. The number of ether oxygens (including phenoxy) is 2. The van der Waals surface area contributed by atoms with Gasteiger partial charge in [0.25, 0.3) is 0 Å². The monoisotopic (exact) mass is 295 g/mol. The molecule has 0 fully saturated rings. The first-order valence-electron chi connectivity index (χ1n) is 7.42. The molecule has 0 saturated carbocycles. The maximum atomic E-state index is 10.6. The van der Waals surface area contributed by atoms with E-state index in [9.17, 15) is 9.90 Å². The third-order valence-electron chi connectivity index (χ3n) is 3.33. The molecule has 0 radical (unpaired) electrons. The van der Waals surface area contributed by atoms with Crippen LogP contribution in [0.5, 0.6) is 11.5 Å². The van der Waals surface area contributed by atoms with E-state index in [4.69, 9.17) is 9.47 Å². The van der Waals surface area contributed by atoms with Crippen molar-refractivity contribution in [1.29, 1.82) is 0 Å². The second-order valence-corrected chi connectivity index (χ2v) is 5.09. The van der Waals surface area contributed by atoms with Gasteiger partial charge in [0.1, 0.15) is 6.04 Å². The number of hydrogen-bond acceptors (Lipinski definition) is 4. The summed E-state index contributed by atoms with van der Waals surface area (Å²) in [5, 5.41) is 10.6.